The minimum atomic E-state index is -4.31. The van der Waals surface area contributed by atoms with Gasteiger partial charge in [0, 0.05) is 49.9 Å². The van der Waals surface area contributed by atoms with Crippen molar-refractivity contribution in [3.05, 3.63) is 164 Å². The van der Waals surface area contributed by atoms with Crippen LogP contribution in [-0.2, 0) is 29.7 Å². The summed E-state index contributed by atoms with van der Waals surface area (Å²) in [7, 11) is 0. The molecule has 0 amide bonds. The molecule has 0 saturated carbocycles. The SMILES string of the molecule is CC(=O)[C@]1(O)[C@@](O)(C(C)=O)[C@](CO)(C(C)=O)O[C@@](O)(c2ccc(-c3c4nc(c(-c5c(F)c(F)c(F)c(F)c5F)c5ccc([nH]5)c(-c5c(F)c(F)c(F)c(F)c5F)c5nc(c(-c6c(F)c(F)c(F)c(F)c6F)c6ccc3[nH]6)C=C5)C=C4)cc2)[C@]1(O)C(C)=O. The summed E-state index contributed by atoms with van der Waals surface area (Å²) >= 11 is 0. The van der Waals surface area contributed by atoms with E-state index in [2.05, 4.69) is 19.9 Å². The topological polar surface area (TPSA) is 236 Å². The van der Waals surface area contributed by atoms with E-state index < -0.39 is 235 Å². The van der Waals surface area contributed by atoms with Crippen molar-refractivity contribution in [2.75, 3.05) is 6.61 Å². The molecule has 87 heavy (non-hydrogen) atoms. The summed E-state index contributed by atoms with van der Waals surface area (Å²) in [6, 6.07) is 6.44. The quantitative estimate of drug-likeness (QED) is 0.0385. The van der Waals surface area contributed by atoms with Crippen molar-refractivity contribution in [3.8, 4) is 44.5 Å². The van der Waals surface area contributed by atoms with Crippen LogP contribution >= 0.6 is 0 Å². The highest BCUT2D eigenvalue weighted by Gasteiger charge is 2.87. The molecule has 0 aliphatic carbocycles. The van der Waals surface area contributed by atoms with Crippen molar-refractivity contribution < 1.29 is 115 Å². The van der Waals surface area contributed by atoms with E-state index in [4.69, 9.17) is 4.74 Å². The molecule has 0 unspecified atom stereocenters. The number of benzene rings is 4. The molecular weight excluding hydrogens is 1200 g/mol. The van der Waals surface area contributed by atoms with E-state index in [1.54, 1.807) is 0 Å². The Morgan fingerprint density at radius 1 is 0.379 bits per heavy atom. The molecule has 5 atom stereocenters. The highest BCUT2D eigenvalue weighted by molar-refractivity contribution is 6.10. The van der Waals surface area contributed by atoms with Crippen LogP contribution in [0.3, 0.4) is 0 Å². The Balaban J connectivity index is 1.39. The second kappa shape index (κ2) is 20.5. The van der Waals surface area contributed by atoms with Gasteiger partial charge in [0.1, 0.15) is 0 Å². The molecule has 450 valence electrons. The molecule has 6 heterocycles. The van der Waals surface area contributed by atoms with Crippen molar-refractivity contribution in [1.82, 2.24) is 19.9 Å². The zero-order valence-corrected chi connectivity index (χ0v) is 44.0. The summed E-state index contributed by atoms with van der Waals surface area (Å²) in [6.07, 6.45) is 3.15. The van der Waals surface area contributed by atoms with E-state index in [0.717, 1.165) is 42.5 Å². The molecule has 4 aromatic carbocycles. The lowest BCUT2D eigenvalue weighted by Crippen LogP contribution is -2.92. The van der Waals surface area contributed by atoms with E-state index in [1.807, 2.05) is 0 Å². The zero-order chi connectivity index (χ0) is 64.0. The number of carbonyl (C=O) groups excluding carboxylic acids is 4. The molecule has 0 radical (unpaired) electrons. The van der Waals surface area contributed by atoms with Crippen molar-refractivity contribution >= 4 is 69.5 Å². The first-order valence-corrected chi connectivity index (χ1v) is 24.7. The number of H-pyrrole nitrogens is 2. The van der Waals surface area contributed by atoms with Gasteiger partial charge in [0.15, 0.2) is 98.5 Å². The Hall–Kier alpha value is -9.13. The molecule has 3 aromatic heterocycles. The van der Waals surface area contributed by atoms with Gasteiger partial charge in [-0.2, -0.15) is 0 Å². The summed E-state index contributed by atoms with van der Waals surface area (Å²) < 4.78 is 238. The van der Waals surface area contributed by atoms with E-state index >= 15 is 52.7 Å². The lowest BCUT2D eigenvalue weighted by atomic mass is 9.53. The maximum absolute atomic E-state index is 16.2. The number of nitrogens with one attached hydrogen (secondary N) is 2. The van der Waals surface area contributed by atoms with Gasteiger partial charge in [-0.25, -0.2) is 75.8 Å². The number of aromatic nitrogens is 4. The van der Waals surface area contributed by atoms with Gasteiger partial charge in [-0.1, -0.05) is 24.3 Å². The Kier molecular flexibility index (Phi) is 14.4. The number of aliphatic hydroxyl groups is 5. The Morgan fingerprint density at radius 3 is 0.931 bits per heavy atom. The zero-order valence-electron chi connectivity index (χ0n) is 44.0. The van der Waals surface area contributed by atoms with Gasteiger partial charge in [0.05, 0.1) is 46.1 Å². The first kappa shape index (κ1) is 61.0. The van der Waals surface area contributed by atoms with Crippen LogP contribution in [0, 0.1) is 87.3 Å². The molecule has 14 nitrogen and oxygen atoms in total. The van der Waals surface area contributed by atoms with Gasteiger partial charge in [-0.05, 0) is 81.8 Å². The second-order valence-corrected chi connectivity index (χ2v) is 20.0. The van der Waals surface area contributed by atoms with Crippen LogP contribution in [0.15, 0.2) is 48.5 Å². The first-order valence-electron chi connectivity index (χ1n) is 24.7. The number of halogens is 15. The molecule has 1 saturated heterocycles. The van der Waals surface area contributed by atoms with Crippen molar-refractivity contribution in [3.63, 3.8) is 0 Å². The third kappa shape index (κ3) is 8.01. The minimum Gasteiger partial charge on any atom is -0.393 e. The summed E-state index contributed by atoms with van der Waals surface area (Å²) in [4.78, 5) is 67.7. The smallest absolute Gasteiger partial charge is 0.234 e. The average Bonchev–Trinajstić information content (AvgIpc) is 1.08. The average molecular weight is 1230 g/mol. The van der Waals surface area contributed by atoms with Crippen LogP contribution in [0.1, 0.15) is 56.0 Å². The van der Waals surface area contributed by atoms with Gasteiger partial charge in [0.2, 0.25) is 40.0 Å². The predicted octanol–water partition coefficient (Wildman–Crippen LogP) is 9.87. The molecule has 10 rings (SSSR count). The monoisotopic (exact) mass is 1230 g/mol. The molecule has 1 fully saturated rings. The van der Waals surface area contributed by atoms with E-state index in [-0.39, 0.29) is 5.56 Å². The summed E-state index contributed by atoms with van der Waals surface area (Å²) in [6.45, 7) is -0.00644. The Morgan fingerprint density at radius 2 is 0.655 bits per heavy atom. The molecular formula is C58H33F15N4O10. The number of ether oxygens (including phenoxy) is 1. The number of hydrogen-bond donors (Lipinski definition) is 7. The van der Waals surface area contributed by atoms with Gasteiger partial charge < -0.3 is 40.2 Å². The van der Waals surface area contributed by atoms with E-state index in [1.165, 1.54) is 0 Å². The van der Waals surface area contributed by atoms with Crippen LogP contribution in [0.5, 0.6) is 0 Å². The van der Waals surface area contributed by atoms with Crippen LogP contribution in [0.25, 0.3) is 90.9 Å². The molecule has 7 aromatic rings. The number of aliphatic hydroxyl groups excluding tert-OH is 1. The lowest BCUT2D eigenvalue weighted by Gasteiger charge is -2.64. The molecule has 0 spiro atoms. The largest absolute Gasteiger partial charge is 0.393 e. The minimum absolute atomic E-state index is 0.334. The second-order valence-electron chi connectivity index (χ2n) is 20.0. The summed E-state index contributed by atoms with van der Waals surface area (Å²) in [5.41, 5.74) is -33.1. The van der Waals surface area contributed by atoms with Crippen LogP contribution < -0.4 is 0 Å². The number of nitrogens with zero attached hydrogens (tertiary/aromatic N) is 2. The van der Waals surface area contributed by atoms with Crippen molar-refractivity contribution in [2.45, 2.75) is 55.9 Å². The van der Waals surface area contributed by atoms with Gasteiger partial charge in [0.25, 0.3) is 0 Å². The van der Waals surface area contributed by atoms with Crippen molar-refractivity contribution in [1.29, 1.82) is 0 Å². The van der Waals surface area contributed by atoms with Crippen LogP contribution in [0.4, 0.5) is 65.9 Å². The fourth-order valence-electron chi connectivity index (χ4n) is 11.2. The van der Waals surface area contributed by atoms with Gasteiger partial charge in [-0.3, -0.25) is 19.2 Å². The number of rotatable bonds is 10. The fourth-order valence-corrected chi connectivity index (χ4v) is 11.2. The predicted molar refractivity (Wildman–Crippen MR) is 272 cm³/mol. The van der Waals surface area contributed by atoms with Crippen LogP contribution in [-0.4, -0.2) is 97.6 Å². The van der Waals surface area contributed by atoms with E-state index in [9.17, 15) is 57.9 Å². The number of Topliss-reactive ketones (excluding diaryl/α,β-unsaturated/α-hetero) is 4. The summed E-state index contributed by atoms with van der Waals surface area (Å²) in [5.74, 6) is -49.9. The third-order valence-corrected chi connectivity index (χ3v) is 15.5. The molecule has 7 N–H and O–H groups in total. The molecule has 8 bridgehead atoms. The molecule has 3 aliphatic heterocycles. The van der Waals surface area contributed by atoms with Gasteiger partial charge >= 0.3 is 0 Å². The Bertz CT molecular complexity index is 4400. The third-order valence-electron chi connectivity index (χ3n) is 15.5. The number of fused-ring (bicyclic) bond motifs is 8. The maximum Gasteiger partial charge on any atom is 0.234 e. The Labute approximate surface area is 474 Å². The van der Waals surface area contributed by atoms with E-state index in [0.29, 0.717) is 58.0 Å². The van der Waals surface area contributed by atoms with Crippen LogP contribution in [0.2, 0.25) is 0 Å². The van der Waals surface area contributed by atoms with Gasteiger partial charge in [-0.15, -0.1) is 0 Å². The number of carbonyl (C=O) groups is 4. The normalized spacial score (nSPS) is 21.7. The molecule has 29 heteroatoms. The lowest BCUT2D eigenvalue weighted by molar-refractivity contribution is -0.433. The number of aromatic amines is 2. The maximum atomic E-state index is 16.2. The highest BCUT2D eigenvalue weighted by atomic mass is 19.2. The number of ketones is 4. The first-order chi connectivity index (χ1) is 40.7. The highest BCUT2D eigenvalue weighted by Crippen LogP contribution is 2.58. The standard InChI is InChI=1S/C58H33F15N4O10/c1-18(79)54(17-78)55(83,19(2)80)56(84,20(3)81)57(85,21(4)82)58(86,87-54)23-7-5-22(6-8-23)32-24-9-11-26(74-24)33(36-39(59)45(65)51(71)46(66)40(36)60)28-13-15-30(76-28)35(38-43(63)49(69)53(73)50(70)44(38)64)31-16-14-29(77-31)34(27-12-10-25(32)75-27)37-41(61)47(67)52(72)48(68)42(37)62/h5-16,74,77-78,83-86H,17H2,1-4H3/t54-,55+,56-,57-,58-/m0/s1. The van der Waals surface area contributed by atoms with Crippen molar-refractivity contribution in [2.24, 2.45) is 0 Å². The summed E-state index contributed by atoms with van der Waals surface area (Å²) in [5, 5.41) is 60.0. The fraction of sp³-hybridized carbons (Fsp3) is 0.172. The number of hydrogen-bond acceptors (Lipinski definition) is 12. The molecule has 3 aliphatic rings.